The molecule has 2 saturated carbocycles. The van der Waals surface area contributed by atoms with E-state index in [-0.39, 0.29) is 22.1 Å². The summed E-state index contributed by atoms with van der Waals surface area (Å²) in [6.45, 7) is 1.81. The van der Waals surface area contributed by atoms with Gasteiger partial charge in [-0.15, -0.1) is 23.5 Å². The fraction of sp³-hybridized carbons (Fsp3) is 0.636. The van der Waals surface area contributed by atoms with Gasteiger partial charge in [-0.1, -0.05) is 55.3 Å². The average molecular weight is 491 g/mol. The van der Waals surface area contributed by atoms with Crippen molar-refractivity contribution < 1.29 is 14.3 Å². The highest BCUT2D eigenvalue weighted by atomic mass is 35.5. The van der Waals surface area contributed by atoms with Gasteiger partial charge in [0.05, 0.1) is 15.7 Å². The van der Waals surface area contributed by atoms with Crippen molar-refractivity contribution in [2.24, 2.45) is 11.3 Å². The minimum absolute atomic E-state index is 0.00211. The van der Waals surface area contributed by atoms with Crippen LogP contribution in [0, 0.1) is 11.3 Å². The molecule has 1 aromatic rings. The Hall–Kier alpha value is -0.560. The quantitative estimate of drug-likeness (QED) is 0.241. The number of anilines is 1. The number of nitrogens with one attached hydrogen (secondary N) is 1. The molecule has 4 nitrogen and oxygen atoms in total. The standard InChI is InChI=1S/C22H29Cl2NO3S2/c1-21(29-2,30-3)20(27)28-18-12-16(24)15(23)11-17(18)25-19(26)22(13-14-7-8-14)9-5-4-6-10-22/h11-12,14H,4-10,13H2,1-3H3,(H,25,26). The zero-order chi connectivity index (χ0) is 21.9. The summed E-state index contributed by atoms with van der Waals surface area (Å²) in [5, 5.41) is 3.63. The number of hydrogen-bond donors (Lipinski definition) is 1. The maximum atomic E-state index is 13.5. The summed E-state index contributed by atoms with van der Waals surface area (Å²) in [6.07, 6.45) is 12.2. The van der Waals surface area contributed by atoms with Crippen LogP contribution in [0.1, 0.15) is 58.3 Å². The summed E-state index contributed by atoms with van der Waals surface area (Å²) in [7, 11) is 0. The molecular formula is C22H29Cl2NO3S2. The molecule has 0 atom stereocenters. The fourth-order valence-electron chi connectivity index (χ4n) is 4.04. The third-order valence-electron chi connectivity index (χ3n) is 6.29. The molecule has 0 saturated heterocycles. The Morgan fingerprint density at radius 3 is 2.30 bits per heavy atom. The van der Waals surface area contributed by atoms with Crippen molar-refractivity contribution in [3.63, 3.8) is 0 Å². The van der Waals surface area contributed by atoms with E-state index in [1.165, 1.54) is 48.9 Å². The van der Waals surface area contributed by atoms with E-state index in [0.29, 0.717) is 16.6 Å². The van der Waals surface area contributed by atoms with Gasteiger partial charge in [0.25, 0.3) is 0 Å². The minimum atomic E-state index is -0.760. The normalized spacial score (nSPS) is 18.7. The molecule has 2 aliphatic rings. The number of carbonyl (C=O) groups excluding carboxylic acids is 2. The lowest BCUT2D eigenvalue weighted by atomic mass is 9.70. The largest absolute Gasteiger partial charge is 0.423 e. The zero-order valence-corrected chi connectivity index (χ0v) is 20.8. The number of carbonyl (C=O) groups is 2. The Balaban J connectivity index is 1.86. The van der Waals surface area contributed by atoms with E-state index in [1.54, 1.807) is 6.07 Å². The maximum absolute atomic E-state index is 13.5. The van der Waals surface area contributed by atoms with Gasteiger partial charge in [0.1, 0.15) is 0 Å². The second kappa shape index (κ2) is 9.93. The molecule has 0 spiro atoms. The van der Waals surface area contributed by atoms with Crippen molar-refractivity contribution in [3.05, 3.63) is 22.2 Å². The first-order chi connectivity index (χ1) is 14.2. The SMILES string of the molecule is CSC(C)(SC)C(=O)Oc1cc(Cl)c(Cl)cc1NC(=O)C1(CC2CC2)CCCCC1. The molecule has 8 heteroatoms. The second-order valence-corrected chi connectivity index (χ2v) is 12.0. The van der Waals surface area contributed by atoms with E-state index in [1.807, 2.05) is 19.4 Å². The van der Waals surface area contributed by atoms with Crippen molar-refractivity contribution >= 4 is 64.3 Å². The summed E-state index contributed by atoms with van der Waals surface area (Å²) in [6, 6.07) is 3.08. The summed E-state index contributed by atoms with van der Waals surface area (Å²) in [5.74, 6) is 0.488. The number of rotatable bonds is 8. The molecule has 1 N–H and O–H groups in total. The predicted molar refractivity (Wildman–Crippen MR) is 129 cm³/mol. The van der Waals surface area contributed by atoms with Gasteiger partial charge in [0.2, 0.25) is 5.91 Å². The lowest BCUT2D eigenvalue weighted by Crippen LogP contribution is -2.39. The van der Waals surface area contributed by atoms with Crippen LogP contribution in [0.5, 0.6) is 5.75 Å². The molecule has 0 radical (unpaired) electrons. The number of ether oxygens (including phenoxy) is 1. The summed E-state index contributed by atoms with van der Waals surface area (Å²) in [4.78, 5) is 26.3. The lowest BCUT2D eigenvalue weighted by Gasteiger charge is -2.36. The molecule has 1 amide bonds. The number of amides is 1. The number of hydrogen-bond acceptors (Lipinski definition) is 5. The summed E-state index contributed by atoms with van der Waals surface area (Å²) < 4.78 is 4.94. The van der Waals surface area contributed by atoms with Gasteiger partial charge in [-0.05, 0) is 50.7 Å². The van der Waals surface area contributed by atoms with Crippen molar-refractivity contribution in [2.45, 2.75) is 62.4 Å². The maximum Gasteiger partial charge on any atom is 0.337 e. The van der Waals surface area contributed by atoms with E-state index in [0.717, 1.165) is 32.1 Å². The van der Waals surface area contributed by atoms with Crippen molar-refractivity contribution in [2.75, 3.05) is 17.8 Å². The van der Waals surface area contributed by atoms with Crippen LogP contribution < -0.4 is 10.1 Å². The van der Waals surface area contributed by atoms with Gasteiger partial charge < -0.3 is 10.1 Å². The fourth-order valence-corrected chi connectivity index (χ4v) is 5.44. The van der Waals surface area contributed by atoms with Gasteiger partial charge in [-0.3, -0.25) is 4.79 Å². The topological polar surface area (TPSA) is 55.4 Å². The first kappa shape index (κ1) is 24.1. The van der Waals surface area contributed by atoms with Crippen LogP contribution >= 0.6 is 46.7 Å². The Kier molecular flexibility index (Phi) is 7.97. The molecule has 0 heterocycles. The van der Waals surface area contributed by atoms with Gasteiger partial charge in [0, 0.05) is 11.5 Å². The third-order valence-corrected chi connectivity index (χ3v) is 9.91. The molecule has 2 fully saturated rings. The Labute approximate surface area is 197 Å². The third kappa shape index (κ3) is 5.43. The Morgan fingerprint density at radius 2 is 1.73 bits per heavy atom. The molecular weight excluding hydrogens is 461 g/mol. The molecule has 30 heavy (non-hydrogen) atoms. The van der Waals surface area contributed by atoms with E-state index in [4.69, 9.17) is 27.9 Å². The van der Waals surface area contributed by atoms with Crippen LogP contribution in [0.4, 0.5) is 5.69 Å². The molecule has 0 bridgehead atoms. The molecule has 1 aromatic carbocycles. The number of thioether (sulfide) groups is 2. The van der Waals surface area contributed by atoms with Crippen molar-refractivity contribution in [1.82, 2.24) is 0 Å². The Morgan fingerprint density at radius 1 is 1.13 bits per heavy atom. The van der Waals surface area contributed by atoms with Crippen molar-refractivity contribution in [1.29, 1.82) is 0 Å². The second-order valence-electron chi connectivity index (χ2n) is 8.45. The molecule has 166 valence electrons. The highest BCUT2D eigenvalue weighted by molar-refractivity contribution is 8.18. The van der Waals surface area contributed by atoms with Crippen LogP contribution in [0.25, 0.3) is 0 Å². The lowest BCUT2D eigenvalue weighted by molar-refractivity contribution is -0.134. The van der Waals surface area contributed by atoms with Crippen LogP contribution in [0.3, 0.4) is 0 Å². The van der Waals surface area contributed by atoms with Gasteiger partial charge in [0.15, 0.2) is 9.83 Å². The number of benzene rings is 1. The Bertz CT molecular complexity index is 804. The van der Waals surface area contributed by atoms with E-state index in [9.17, 15) is 9.59 Å². The van der Waals surface area contributed by atoms with Gasteiger partial charge >= 0.3 is 5.97 Å². The summed E-state index contributed by atoms with van der Waals surface area (Å²) in [5.41, 5.74) is 0.0490. The van der Waals surface area contributed by atoms with Crippen LogP contribution in [-0.4, -0.2) is 28.5 Å². The minimum Gasteiger partial charge on any atom is -0.423 e. The monoisotopic (exact) mass is 489 g/mol. The smallest absolute Gasteiger partial charge is 0.337 e. The predicted octanol–water partition coefficient (Wildman–Crippen LogP) is 7.03. The van der Waals surface area contributed by atoms with Gasteiger partial charge in [-0.2, -0.15) is 0 Å². The van der Waals surface area contributed by atoms with E-state index < -0.39 is 10.0 Å². The summed E-state index contributed by atoms with van der Waals surface area (Å²) >= 11 is 15.2. The number of halogens is 2. The van der Waals surface area contributed by atoms with Crippen LogP contribution in [0.2, 0.25) is 10.0 Å². The van der Waals surface area contributed by atoms with Crippen LogP contribution in [0.15, 0.2) is 12.1 Å². The van der Waals surface area contributed by atoms with E-state index in [2.05, 4.69) is 5.32 Å². The van der Waals surface area contributed by atoms with Crippen LogP contribution in [-0.2, 0) is 9.59 Å². The first-order valence-electron chi connectivity index (χ1n) is 10.4. The van der Waals surface area contributed by atoms with E-state index >= 15 is 0 Å². The molecule has 0 unspecified atom stereocenters. The highest BCUT2D eigenvalue weighted by Gasteiger charge is 2.44. The molecule has 0 aromatic heterocycles. The zero-order valence-electron chi connectivity index (χ0n) is 17.7. The molecule has 2 aliphatic carbocycles. The van der Waals surface area contributed by atoms with Crippen molar-refractivity contribution in [3.8, 4) is 5.75 Å². The molecule has 3 rings (SSSR count). The van der Waals surface area contributed by atoms with Gasteiger partial charge in [-0.25, -0.2) is 4.79 Å². The number of esters is 1. The highest BCUT2D eigenvalue weighted by Crippen LogP contribution is 2.49. The average Bonchev–Trinajstić information content (AvgIpc) is 3.55. The first-order valence-corrected chi connectivity index (χ1v) is 13.6. The molecule has 0 aliphatic heterocycles.